The molecule has 0 aliphatic heterocycles. The fraction of sp³-hybridized carbons (Fsp3) is 0.143. The van der Waals surface area contributed by atoms with E-state index in [1.54, 1.807) is 6.07 Å². The first kappa shape index (κ1) is 22.9. The molecule has 32 heavy (non-hydrogen) atoms. The van der Waals surface area contributed by atoms with Gasteiger partial charge in [-0.05, 0) is 49.2 Å². The van der Waals surface area contributed by atoms with Crippen molar-refractivity contribution < 1.29 is 18.4 Å². The fourth-order valence-corrected chi connectivity index (χ4v) is 3.36. The Morgan fingerprint density at radius 2 is 1.88 bits per heavy atom. The lowest BCUT2D eigenvalue weighted by atomic mass is 10.1. The number of anilines is 3. The van der Waals surface area contributed by atoms with Gasteiger partial charge in [0.25, 0.3) is 11.5 Å². The van der Waals surface area contributed by atoms with Crippen LogP contribution in [-0.4, -0.2) is 27.5 Å². The number of thioether (sulfide) groups is 1. The molecule has 166 valence electrons. The number of aryl methyl sites for hydroxylation is 1. The van der Waals surface area contributed by atoms with Gasteiger partial charge in [0.05, 0.1) is 5.75 Å². The number of nitrogens with zero attached hydrogens (tertiary/aromatic N) is 1. The third-order valence-corrected chi connectivity index (χ3v) is 5.44. The van der Waals surface area contributed by atoms with E-state index >= 15 is 0 Å². The zero-order chi connectivity index (χ0) is 23.4. The summed E-state index contributed by atoms with van der Waals surface area (Å²) in [5, 5.41) is 5.10. The summed E-state index contributed by atoms with van der Waals surface area (Å²) in [4.78, 5) is 43.2. The van der Waals surface area contributed by atoms with Crippen molar-refractivity contribution in [1.82, 2.24) is 9.97 Å². The van der Waals surface area contributed by atoms with Crippen LogP contribution in [0.25, 0.3) is 0 Å². The van der Waals surface area contributed by atoms with Gasteiger partial charge in [-0.1, -0.05) is 23.9 Å². The molecule has 1 heterocycles. The predicted octanol–water partition coefficient (Wildman–Crippen LogP) is 3.23. The number of benzene rings is 2. The van der Waals surface area contributed by atoms with Gasteiger partial charge < -0.3 is 16.4 Å². The van der Waals surface area contributed by atoms with Gasteiger partial charge in [-0.3, -0.25) is 19.4 Å². The molecule has 0 unspecified atom stereocenters. The number of carbonyl (C=O) groups excluding carboxylic acids is 2. The lowest BCUT2D eigenvalue weighted by Crippen LogP contribution is -2.23. The average molecular weight is 459 g/mol. The van der Waals surface area contributed by atoms with Crippen molar-refractivity contribution in [2.24, 2.45) is 0 Å². The zero-order valence-electron chi connectivity index (χ0n) is 17.1. The molecule has 3 rings (SSSR count). The maximum absolute atomic E-state index is 13.3. The molecule has 0 radical (unpaired) electrons. The number of H-pyrrole nitrogens is 1. The average Bonchev–Trinajstić information content (AvgIpc) is 2.74. The van der Waals surface area contributed by atoms with E-state index in [4.69, 9.17) is 5.73 Å². The number of nitrogen functional groups attached to an aromatic ring is 1. The molecule has 0 saturated carbocycles. The van der Waals surface area contributed by atoms with E-state index in [-0.39, 0.29) is 33.9 Å². The molecule has 0 fully saturated rings. The third kappa shape index (κ3) is 5.30. The molecule has 2 aromatic carbocycles. The van der Waals surface area contributed by atoms with Crippen molar-refractivity contribution in [2.45, 2.75) is 19.0 Å². The molecule has 1 aromatic heterocycles. The van der Waals surface area contributed by atoms with Crippen molar-refractivity contribution in [3.63, 3.8) is 0 Å². The Morgan fingerprint density at radius 1 is 1.12 bits per heavy atom. The number of aromatic nitrogens is 2. The quantitative estimate of drug-likeness (QED) is 0.331. The van der Waals surface area contributed by atoms with Crippen LogP contribution in [0.5, 0.6) is 0 Å². The van der Waals surface area contributed by atoms with Crippen LogP contribution in [0.1, 0.15) is 21.5 Å². The summed E-state index contributed by atoms with van der Waals surface area (Å²) in [6.07, 6.45) is 0. The summed E-state index contributed by atoms with van der Waals surface area (Å²) >= 11 is 0.951. The van der Waals surface area contributed by atoms with Crippen LogP contribution < -0.4 is 21.9 Å². The van der Waals surface area contributed by atoms with Gasteiger partial charge >= 0.3 is 0 Å². The van der Waals surface area contributed by atoms with Crippen LogP contribution in [0.4, 0.5) is 26.0 Å². The Hall–Kier alpha value is -3.73. The maximum atomic E-state index is 13.3. The minimum atomic E-state index is -1.21. The number of halogens is 2. The molecule has 0 spiro atoms. The van der Waals surface area contributed by atoms with Crippen LogP contribution in [0.15, 0.2) is 46.3 Å². The SMILES string of the molecule is Cc1cccc(NC(=O)CSc2nc(N)c(NC(=O)c3ccc(F)c(F)c3)c(=O)[nH]2)c1C. The predicted molar refractivity (Wildman–Crippen MR) is 119 cm³/mol. The molecule has 0 aliphatic rings. The highest BCUT2D eigenvalue weighted by Gasteiger charge is 2.16. The lowest BCUT2D eigenvalue weighted by molar-refractivity contribution is -0.113. The van der Waals surface area contributed by atoms with Gasteiger partial charge in [-0.25, -0.2) is 13.8 Å². The van der Waals surface area contributed by atoms with E-state index in [0.717, 1.165) is 35.0 Å². The summed E-state index contributed by atoms with van der Waals surface area (Å²) in [6.45, 7) is 3.83. The zero-order valence-corrected chi connectivity index (χ0v) is 17.9. The number of carbonyl (C=O) groups is 2. The van der Waals surface area contributed by atoms with E-state index in [0.29, 0.717) is 11.8 Å². The topological polar surface area (TPSA) is 130 Å². The number of hydrogen-bond acceptors (Lipinski definition) is 6. The number of rotatable bonds is 6. The molecule has 0 atom stereocenters. The van der Waals surface area contributed by atoms with Crippen LogP contribution in [0.2, 0.25) is 0 Å². The van der Waals surface area contributed by atoms with Gasteiger partial charge in [0, 0.05) is 11.3 Å². The highest BCUT2D eigenvalue weighted by Crippen LogP contribution is 2.20. The molecular formula is C21H19F2N5O3S. The Labute approximate surface area is 185 Å². The Bertz CT molecular complexity index is 1260. The summed E-state index contributed by atoms with van der Waals surface area (Å²) in [7, 11) is 0. The number of nitrogens with two attached hydrogens (primary N) is 1. The number of aromatic amines is 1. The second kappa shape index (κ2) is 9.60. The maximum Gasteiger partial charge on any atom is 0.277 e. The Morgan fingerprint density at radius 3 is 2.56 bits per heavy atom. The largest absolute Gasteiger partial charge is 0.382 e. The van der Waals surface area contributed by atoms with Crippen molar-refractivity contribution in [1.29, 1.82) is 0 Å². The van der Waals surface area contributed by atoms with E-state index in [1.165, 1.54) is 0 Å². The molecule has 8 nitrogen and oxygen atoms in total. The van der Waals surface area contributed by atoms with Crippen LogP contribution in [-0.2, 0) is 4.79 Å². The standard InChI is InChI=1S/C21H19F2N5O3S/c1-10-4-3-5-15(11(10)2)25-16(29)9-32-21-27-18(24)17(20(31)28-21)26-19(30)12-6-7-13(22)14(23)8-12/h3-8H,9H2,1-2H3,(H,25,29)(H,26,30)(H3,24,27,28,31). The van der Waals surface area contributed by atoms with Gasteiger partial charge in [-0.2, -0.15) is 0 Å². The Kier molecular flexibility index (Phi) is 6.89. The molecular weight excluding hydrogens is 440 g/mol. The molecule has 0 aliphatic carbocycles. The smallest absolute Gasteiger partial charge is 0.277 e. The van der Waals surface area contributed by atoms with Gasteiger partial charge in [-0.15, -0.1) is 0 Å². The van der Waals surface area contributed by atoms with Crippen LogP contribution in [0.3, 0.4) is 0 Å². The van der Waals surface area contributed by atoms with E-state index in [9.17, 15) is 23.2 Å². The third-order valence-electron chi connectivity index (χ3n) is 4.56. The molecule has 5 N–H and O–H groups in total. The second-order valence-electron chi connectivity index (χ2n) is 6.80. The molecule has 3 aromatic rings. The summed E-state index contributed by atoms with van der Waals surface area (Å²) in [5.41, 5.74) is 7.14. The van der Waals surface area contributed by atoms with Gasteiger partial charge in [0.1, 0.15) is 5.69 Å². The van der Waals surface area contributed by atoms with Gasteiger partial charge in [0.15, 0.2) is 22.6 Å². The van der Waals surface area contributed by atoms with Crippen LogP contribution in [0, 0.1) is 25.5 Å². The minimum Gasteiger partial charge on any atom is -0.382 e. The number of hydrogen-bond donors (Lipinski definition) is 4. The first-order valence-electron chi connectivity index (χ1n) is 9.30. The second-order valence-corrected chi connectivity index (χ2v) is 7.76. The Balaban J connectivity index is 1.67. The first-order chi connectivity index (χ1) is 15.2. The fourth-order valence-electron chi connectivity index (χ4n) is 2.69. The monoisotopic (exact) mass is 459 g/mol. The van der Waals surface area contributed by atoms with E-state index in [1.807, 2.05) is 26.0 Å². The number of nitrogens with one attached hydrogen (secondary N) is 3. The van der Waals surface area contributed by atoms with Crippen molar-refractivity contribution in [3.8, 4) is 0 Å². The summed E-state index contributed by atoms with van der Waals surface area (Å²) < 4.78 is 26.4. The minimum absolute atomic E-state index is 0.0453. The summed E-state index contributed by atoms with van der Waals surface area (Å²) in [5.74, 6) is -3.82. The highest BCUT2D eigenvalue weighted by molar-refractivity contribution is 7.99. The molecule has 2 amide bonds. The first-order valence-corrected chi connectivity index (χ1v) is 10.3. The van der Waals surface area contributed by atoms with Gasteiger partial charge in [0.2, 0.25) is 5.91 Å². The van der Waals surface area contributed by atoms with E-state index < -0.39 is 23.1 Å². The van der Waals surface area contributed by atoms with Crippen LogP contribution >= 0.6 is 11.8 Å². The lowest BCUT2D eigenvalue weighted by Gasteiger charge is -2.11. The normalized spacial score (nSPS) is 10.6. The van der Waals surface area contributed by atoms with Crippen molar-refractivity contribution in [3.05, 3.63) is 75.1 Å². The number of amides is 2. The van der Waals surface area contributed by atoms with Crippen molar-refractivity contribution in [2.75, 3.05) is 22.1 Å². The summed E-state index contributed by atoms with van der Waals surface area (Å²) in [6, 6.07) is 8.10. The van der Waals surface area contributed by atoms with E-state index in [2.05, 4.69) is 20.6 Å². The molecule has 0 bridgehead atoms. The highest BCUT2D eigenvalue weighted by atomic mass is 32.2. The molecule has 0 saturated heterocycles. The van der Waals surface area contributed by atoms with Crippen molar-refractivity contribution >= 4 is 40.8 Å². The molecule has 11 heteroatoms.